The number of aromatic nitrogens is 1. The van der Waals surface area contributed by atoms with Crippen LogP contribution in [0.3, 0.4) is 0 Å². The number of nitrogens with one attached hydrogen (secondary N) is 1. The van der Waals surface area contributed by atoms with E-state index >= 15 is 0 Å². The molecule has 20 heavy (non-hydrogen) atoms. The van der Waals surface area contributed by atoms with Crippen LogP contribution >= 0.6 is 11.3 Å². The van der Waals surface area contributed by atoms with Gasteiger partial charge in [-0.1, -0.05) is 12.1 Å². The van der Waals surface area contributed by atoms with Crippen LogP contribution in [0.5, 0.6) is 0 Å². The van der Waals surface area contributed by atoms with E-state index in [2.05, 4.69) is 9.71 Å². The Bertz CT molecular complexity index is 706. The highest BCUT2D eigenvalue weighted by Crippen LogP contribution is 2.17. The minimum atomic E-state index is -3.44. The predicted octanol–water partition coefficient (Wildman–Crippen LogP) is 2.59. The van der Waals surface area contributed by atoms with Crippen molar-refractivity contribution in [2.45, 2.75) is 32.1 Å². The van der Waals surface area contributed by atoms with Crippen LogP contribution in [-0.4, -0.2) is 19.9 Å². The fraction of sp³-hybridized carbons (Fsp3) is 0.357. The highest BCUT2D eigenvalue weighted by atomic mass is 32.2. The molecule has 1 aromatic heterocycles. The summed E-state index contributed by atoms with van der Waals surface area (Å²) in [5.74, 6) is 0. The monoisotopic (exact) mass is 310 g/mol. The van der Waals surface area contributed by atoms with E-state index in [9.17, 15) is 8.42 Å². The fourth-order valence-corrected chi connectivity index (χ4v) is 4.06. The first-order valence-electron chi connectivity index (χ1n) is 6.37. The number of thiazole rings is 1. The predicted molar refractivity (Wildman–Crippen MR) is 81.7 cm³/mol. The number of nitrogens with zero attached hydrogens (tertiary/aromatic N) is 1. The number of benzene rings is 1. The molecule has 0 amide bonds. The lowest BCUT2D eigenvalue weighted by atomic mass is 10.2. The van der Waals surface area contributed by atoms with Crippen LogP contribution in [0.15, 0.2) is 29.3 Å². The van der Waals surface area contributed by atoms with Crippen LogP contribution in [0.1, 0.15) is 21.0 Å². The molecule has 0 aliphatic carbocycles. The summed E-state index contributed by atoms with van der Waals surface area (Å²) in [6.45, 7) is 6.02. The summed E-state index contributed by atoms with van der Waals surface area (Å²) in [5, 5.41) is 0.998. The van der Waals surface area contributed by atoms with E-state index in [1.54, 1.807) is 30.5 Å². The average Bonchev–Trinajstić information content (AvgIpc) is 2.78. The number of rotatable bonds is 5. The molecule has 1 aromatic carbocycles. The number of hydrogen-bond acceptors (Lipinski definition) is 4. The summed E-state index contributed by atoms with van der Waals surface area (Å²) in [5.41, 5.74) is 1.70. The maximum atomic E-state index is 12.3. The Morgan fingerprint density at radius 1 is 1.25 bits per heavy atom. The van der Waals surface area contributed by atoms with Crippen molar-refractivity contribution in [2.24, 2.45) is 0 Å². The molecule has 0 spiro atoms. The minimum absolute atomic E-state index is 0.359. The Labute approximate surface area is 123 Å². The first-order chi connectivity index (χ1) is 9.38. The van der Waals surface area contributed by atoms with Gasteiger partial charge in [-0.05, 0) is 44.4 Å². The second-order valence-corrected chi connectivity index (χ2v) is 7.82. The molecule has 0 saturated carbocycles. The second kappa shape index (κ2) is 6.03. The molecule has 0 aliphatic rings. The molecule has 0 atom stereocenters. The summed E-state index contributed by atoms with van der Waals surface area (Å²) in [4.78, 5) is 5.61. The molecule has 108 valence electrons. The number of sulfonamides is 1. The van der Waals surface area contributed by atoms with Crippen molar-refractivity contribution in [3.8, 4) is 0 Å². The molecule has 0 bridgehead atoms. The molecule has 6 heteroatoms. The molecule has 2 rings (SSSR count). The Hall–Kier alpha value is -1.24. The summed E-state index contributed by atoms with van der Waals surface area (Å²) in [6, 6.07) is 5.44. The van der Waals surface area contributed by atoms with Gasteiger partial charge in [0.15, 0.2) is 0 Å². The van der Waals surface area contributed by atoms with Crippen molar-refractivity contribution >= 4 is 21.4 Å². The maximum absolute atomic E-state index is 12.3. The van der Waals surface area contributed by atoms with Gasteiger partial charge in [0, 0.05) is 17.6 Å². The molecule has 2 aromatic rings. The SMILES string of the molecule is Cc1ccc(C)c(S(=O)(=O)NCCc2cnc(C)s2)c1. The first-order valence-corrected chi connectivity index (χ1v) is 8.67. The zero-order valence-electron chi connectivity index (χ0n) is 11.8. The van der Waals surface area contributed by atoms with E-state index in [-0.39, 0.29) is 0 Å². The van der Waals surface area contributed by atoms with Crippen molar-refractivity contribution in [3.63, 3.8) is 0 Å². The van der Waals surface area contributed by atoms with Gasteiger partial charge in [0.25, 0.3) is 0 Å². The van der Waals surface area contributed by atoms with Crippen molar-refractivity contribution in [3.05, 3.63) is 45.4 Å². The molecule has 0 radical (unpaired) electrons. The molecule has 0 fully saturated rings. The largest absolute Gasteiger partial charge is 0.250 e. The van der Waals surface area contributed by atoms with Crippen LogP contribution in [0.2, 0.25) is 0 Å². The third-order valence-corrected chi connectivity index (χ3v) is 5.54. The number of aryl methyl sites for hydroxylation is 3. The quantitative estimate of drug-likeness (QED) is 0.923. The lowest BCUT2D eigenvalue weighted by molar-refractivity contribution is 0.581. The van der Waals surface area contributed by atoms with E-state index in [0.717, 1.165) is 21.0 Å². The lowest BCUT2D eigenvalue weighted by Gasteiger charge is -2.09. The maximum Gasteiger partial charge on any atom is 0.240 e. The van der Waals surface area contributed by atoms with Crippen LogP contribution < -0.4 is 4.72 Å². The summed E-state index contributed by atoms with van der Waals surface area (Å²) in [6.07, 6.45) is 2.46. The Morgan fingerprint density at radius 2 is 2.00 bits per heavy atom. The fourth-order valence-electron chi connectivity index (χ4n) is 1.90. The van der Waals surface area contributed by atoms with Crippen LogP contribution in [0, 0.1) is 20.8 Å². The van der Waals surface area contributed by atoms with Gasteiger partial charge in [-0.2, -0.15) is 0 Å². The summed E-state index contributed by atoms with van der Waals surface area (Å²) >= 11 is 1.59. The molecule has 4 nitrogen and oxygen atoms in total. The molecule has 0 saturated heterocycles. The molecule has 1 N–H and O–H groups in total. The topological polar surface area (TPSA) is 59.1 Å². The van der Waals surface area contributed by atoms with Crippen molar-refractivity contribution < 1.29 is 8.42 Å². The molecule has 1 heterocycles. The molecule has 0 unspecified atom stereocenters. The van der Waals surface area contributed by atoms with Gasteiger partial charge in [-0.3, -0.25) is 0 Å². The van der Waals surface area contributed by atoms with Crippen LogP contribution in [0.25, 0.3) is 0 Å². The lowest BCUT2D eigenvalue weighted by Crippen LogP contribution is -2.26. The van der Waals surface area contributed by atoms with Gasteiger partial charge in [0.2, 0.25) is 10.0 Å². The molecule has 0 aliphatic heterocycles. The zero-order chi connectivity index (χ0) is 14.8. The third kappa shape index (κ3) is 3.65. The second-order valence-electron chi connectivity index (χ2n) is 4.76. The van der Waals surface area contributed by atoms with Crippen LogP contribution in [0.4, 0.5) is 0 Å². The zero-order valence-corrected chi connectivity index (χ0v) is 13.4. The van der Waals surface area contributed by atoms with E-state index in [4.69, 9.17) is 0 Å². The van der Waals surface area contributed by atoms with E-state index < -0.39 is 10.0 Å². The normalized spacial score (nSPS) is 11.8. The van der Waals surface area contributed by atoms with Gasteiger partial charge < -0.3 is 0 Å². The summed E-state index contributed by atoms with van der Waals surface area (Å²) in [7, 11) is -3.44. The smallest absolute Gasteiger partial charge is 0.240 e. The van der Waals surface area contributed by atoms with Gasteiger partial charge in [-0.25, -0.2) is 18.1 Å². The highest BCUT2D eigenvalue weighted by molar-refractivity contribution is 7.89. The van der Waals surface area contributed by atoms with Crippen LogP contribution in [-0.2, 0) is 16.4 Å². The standard InChI is InChI=1S/C14H18N2O2S2/c1-10-4-5-11(2)14(8-10)20(17,18)16-7-6-13-9-15-12(3)19-13/h4-5,8-9,16H,6-7H2,1-3H3. The van der Waals surface area contributed by atoms with Gasteiger partial charge >= 0.3 is 0 Å². The first kappa shape index (κ1) is 15.2. The van der Waals surface area contributed by atoms with E-state index in [1.165, 1.54) is 0 Å². The molecular formula is C14H18N2O2S2. The van der Waals surface area contributed by atoms with Gasteiger partial charge in [-0.15, -0.1) is 11.3 Å². The van der Waals surface area contributed by atoms with Gasteiger partial charge in [0.05, 0.1) is 9.90 Å². The van der Waals surface area contributed by atoms with Gasteiger partial charge in [0.1, 0.15) is 0 Å². The molecular weight excluding hydrogens is 292 g/mol. The van der Waals surface area contributed by atoms with E-state index in [1.807, 2.05) is 26.0 Å². The number of hydrogen-bond donors (Lipinski definition) is 1. The Kier molecular flexibility index (Phi) is 4.57. The van der Waals surface area contributed by atoms with E-state index in [0.29, 0.717) is 17.9 Å². The minimum Gasteiger partial charge on any atom is -0.250 e. The average molecular weight is 310 g/mol. The highest BCUT2D eigenvalue weighted by Gasteiger charge is 2.16. The van der Waals surface area contributed by atoms with Crippen molar-refractivity contribution in [2.75, 3.05) is 6.54 Å². The third-order valence-electron chi connectivity index (χ3n) is 2.97. The Morgan fingerprint density at radius 3 is 2.65 bits per heavy atom. The summed E-state index contributed by atoms with van der Waals surface area (Å²) < 4.78 is 27.2. The van der Waals surface area contributed by atoms with Crippen molar-refractivity contribution in [1.82, 2.24) is 9.71 Å². The Balaban J connectivity index is 2.06. The van der Waals surface area contributed by atoms with Crippen molar-refractivity contribution in [1.29, 1.82) is 0 Å².